The van der Waals surface area contributed by atoms with Crippen molar-refractivity contribution in [1.82, 2.24) is 14.8 Å². The molecule has 0 amide bonds. The second kappa shape index (κ2) is 9.56. The van der Waals surface area contributed by atoms with E-state index in [0.29, 0.717) is 18.9 Å². The molecule has 37 heavy (non-hydrogen) atoms. The van der Waals surface area contributed by atoms with Crippen LogP contribution in [0.1, 0.15) is 67.3 Å². The summed E-state index contributed by atoms with van der Waals surface area (Å²) in [4.78, 5) is 12.2. The molecule has 194 valence electrons. The summed E-state index contributed by atoms with van der Waals surface area (Å²) >= 11 is 0. The van der Waals surface area contributed by atoms with Crippen LogP contribution in [0.5, 0.6) is 0 Å². The highest BCUT2D eigenvalue weighted by atomic mass is 19.2. The van der Waals surface area contributed by atoms with Gasteiger partial charge < -0.3 is 14.0 Å². The number of ether oxygens (including phenoxy) is 2. The Balaban J connectivity index is 1.60. The van der Waals surface area contributed by atoms with Gasteiger partial charge in [-0.3, -0.25) is 9.89 Å². The number of H-pyrrole nitrogens is 1. The molecule has 1 aliphatic heterocycles. The molecule has 6 rings (SSSR count). The van der Waals surface area contributed by atoms with Gasteiger partial charge in [0.2, 0.25) is 0 Å². The molecule has 0 bridgehead atoms. The fourth-order valence-corrected chi connectivity index (χ4v) is 6.46. The van der Waals surface area contributed by atoms with E-state index in [1.54, 1.807) is 6.07 Å². The lowest BCUT2D eigenvalue weighted by atomic mass is 9.76. The lowest BCUT2D eigenvalue weighted by Crippen LogP contribution is -2.24. The number of hydrogen-bond donors (Lipinski definition) is 1. The predicted octanol–water partition coefficient (Wildman–Crippen LogP) is 6.43. The fraction of sp³-hybridized carbons (Fsp3) is 0.448. The van der Waals surface area contributed by atoms with Gasteiger partial charge >= 0.3 is 5.97 Å². The third kappa shape index (κ3) is 4.11. The monoisotopic (exact) mass is 507 g/mol. The Kier molecular flexibility index (Phi) is 6.23. The summed E-state index contributed by atoms with van der Waals surface area (Å²) in [5, 5.41) is 9.67. The number of fused-ring (bicyclic) bond motifs is 2. The van der Waals surface area contributed by atoms with Crippen LogP contribution in [0.3, 0.4) is 0 Å². The van der Waals surface area contributed by atoms with Crippen molar-refractivity contribution in [2.75, 3.05) is 20.3 Å². The SMILES string of the molecule is COC(=O)C1CCC(c2c(C3CCOCC3)n(-c3ccc(F)c(F)c3)c3cc4c(C)n[nH]c4cc23)CC1. The first-order chi connectivity index (χ1) is 18.0. The Morgan fingerprint density at radius 1 is 1.00 bits per heavy atom. The number of benzene rings is 2. The van der Waals surface area contributed by atoms with Crippen molar-refractivity contribution < 1.29 is 23.0 Å². The minimum Gasteiger partial charge on any atom is -0.469 e. The van der Waals surface area contributed by atoms with Crippen molar-refractivity contribution in [3.63, 3.8) is 0 Å². The highest BCUT2D eigenvalue weighted by Crippen LogP contribution is 2.47. The number of esters is 1. The molecule has 0 unspecified atom stereocenters. The molecule has 0 atom stereocenters. The first-order valence-corrected chi connectivity index (χ1v) is 13.1. The lowest BCUT2D eigenvalue weighted by Gasteiger charge is -2.31. The van der Waals surface area contributed by atoms with Crippen molar-refractivity contribution in [1.29, 1.82) is 0 Å². The molecule has 4 aromatic rings. The Morgan fingerprint density at radius 3 is 2.46 bits per heavy atom. The minimum atomic E-state index is -0.863. The topological polar surface area (TPSA) is 69.1 Å². The summed E-state index contributed by atoms with van der Waals surface area (Å²) in [6.45, 7) is 3.30. The van der Waals surface area contributed by atoms with Gasteiger partial charge in [0.1, 0.15) is 0 Å². The number of rotatable bonds is 4. The average Bonchev–Trinajstić information content (AvgIpc) is 3.46. The van der Waals surface area contributed by atoms with E-state index in [2.05, 4.69) is 26.9 Å². The highest BCUT2D eigenvalue weighted by Gasteiger charge is 2.35. The van der Waals surface area contributed by atoms with Crippen LogP contribution < -0.4 is 0 Å². The molecule has 1 saturated carbocycles. The molecule has 1 saturated heterocycles. The van der Waals surface area contributed by atoms with Gasteiger partial charge in [-0.2, -0.15) is 5.10 Å². The summed E-state index contributed by atoms with van der Waals surface area (Å²) in [5.74, 6) is -1.47. The number of aromatic amines is 1. The molecular weight excluding hydrogens is 476 g/mol. The number of halogens is 2. The Bertz CT molecular complexity index is 1480. The summed E-state index contributed by atoms with van der Waals surface area (Å²) < 4.78 is 41.4. The number of nitrogens with zero attached hydrogens (tertiary/aromatic N) is 2. The molecule has 0 radical (unpaired) electrons. The van der Waals surface area contributed by atoms with Gasteiger partial charge in [-0.05, 0) is 81.2 Å². The second-order valence-electron chi connectivity index (χ2n) is 10.4. The van der Waals surface area contributed by atoms with Crippen LogP contribution in [0.4, 0.5) is 8.78 Å². The highest BCUT2D eigenvalue weighted by molar-refractivity contribution is 6.00. The largest absolute Gasteiger partial charge is 0.469 e. The van der Waals surface area contributed by atoms with Crippen LogP contribution in [0.2, 0.25) is 0 Å². The molecule has 8 heteroatoms. The number of carbonyl (C=O) groups is 1. The molecule has 2 aromatic heterocycles. The molecule has 1 N–H and O–H groups in total. The van der Waals surface area contributed by atoms with E-state index in [4.69, 9.17) is 9.47 Å². The molecule has 1 aliphatic carbocycles. The van der Waals surface area contributed by atoms with Gasteiger partial charge in [0.05, 0.1) is 29.8 Å². The van der Waals surface area contributed by atoms with Crippen LogP contribution in [0, 0.1) is 24.5 Å². The quantitative estimate of drug-likeness (QED) is 0.323. The van der Waals surface area contributed by atoms with Crippen LogP contribution in [-0.2, 0) is 14.3 Å². The third-order valence-corrected chi connectivity index (χ3v) is 8.36. The summed E-state index contributed by atoms with van der Waals surface area (Å²) in [6.07, 6.45) is 5.01. The average molecular weight is 508 g/mol. The molecule has 6 nitrogen and oxygen atoms in total. The van der Waals surface area contributed by atoms with E-state index in [1.165, 1.54) is 24.8 Å². The van der Waals surface area contributed by atoms with E-state index in [-0.39, 0.29) is 23.7 Å². The molecule has 0 spiro atoms. The molecule has 2 aromatic carbocycles. The first-order valence-electron chi connectivity index (χ1n) is 13.1. The van der Waals surface area contributed by atoms with Crippen LogP contribution >= 0.6 is 0 Å². The number of carbonyl (C=O) groups excluding carboxylic acids is 1. The van der Waals surface area contributed by atoms with Crippen LogP contribution in [0.25, 0.3) is 27.5 Å². The fourth-order valence-electron chi connectivity index (χ4n) is 6.46. The van der Waals surface area contributed by atoms with Crippen LogP contribution in [0.15, 0.2) is 30.3 Å². The summed E-state index contributed by atoms with van der Waals surface area (Å²) in [6, 6.07) is 8.43. The molecule has 2 aliphatic rings. The third-order valence-electron chi connectivity index (χ3n) is 8.36. The number of nitrogens with one attached hydrogen (secondary N) is 1. The van der Waals surface area contributed by atoms with Crippen molar-refractivity contribution in [2.24, 2.45) is 5.92 Å². The van der Waals surface area contributed by atoms with Gasteiger partial charge in [-0.25, -0.2) is 8.78 Å². The zero-order valence-electron chi connectivity index (χ0n) is 21.2. The maximum Gasteiger partial charge on any atom is 0.308 e. The summed E-state index contributed by atoms with van der Waals surface area (Å²) in [7, 11) is 1.45. The van der Waals surface area contributed by atoms with Crippen LogP contribution in [-0.4, -0.2) is 41.1 Å². The van der Waals surface area contributed by atoms with E-state index < -0.39 is 11.6 Å². The number of hydrogen-bond acceptors (Lipinski definition) is 4. The second-order valence-corrected chi connectivity index (χ2v) is 10.4. The van der Waals surface area contributed by atoms with Gasteiger partial charge in [0.25, 0.3) is 0 Å². The lowest BCUT2D eigenvalue weighted by molar-refractivity contribution is -0.146. The first kappa shape index (κ1) is 24.1. The molecular formula is C29H31F2N3O3. The zero-order chi connectivity index (χ0) is 25.7. The zero-order valence-corrected chi connectivity index (χ0v) is 21.2. The Hall–Kier alpha value is -3.26. The van der Waals surface area contributed by atoms with Crippen molar-refractivity contribution in [3.8, 4) is 5.69 Å². The predicted molar refractivity (Wildman–Crippen MR) is 137 cm³/mol. The van der Waals surface area contributed by atoms with Crippen molar-refractivity contribution in [3.05, 3.63) is 58.9 Å². The van der Waals surface area contributed by atoms with Gasteiger partial charge in [-0.1, -0.05) is 0 Å². The van der Waals surface area contributed by atoms with Gasteiger partial charge in [-0.15, -0.1) is 0 Å². The maximum atomic E-state index is 14.6. The van der Waals surface area contributed by atoms with Gasteiger partial charge in [0.15, 0.2) is 11.6 Å². The standard InChI is InChI=1S/C29H31F2N3O3/c1-16-21-15-26-22(14-25(21)33-32-16)27(17-3-5-19(6-4-17)29(35)36-2)28(18-9-11-37-12-10-18)34(26)20-7-8-23(30)24(31)13-20/h7-8,13-15,17-19H,3-6,9-12H2,1-2H3,(H,32,33). The van der Waals surface area contributed by atoms with E-state index in [1.807, 2.05) is 6.92 Å². The van der Waals surface area contributed by atoms with Crippen molar-refractivity contribution >= 4 is 27.8 Å². The number of methoxy groups -OCH3 is 1. The summed E-state index contributed by atoms with van der Waals surface area (Å²) in [5.41, 5.74) is 5.83. The molecule has 3 heterocycles. The van der Waals surface area contributed by atoms with E-state index >= 15 is 0 Å². The smallest absolute Gasteiger partial charge is 0.308 e. The maximum absolute atomic E-state index is 14.6. The Morgan fingerprint density at radius 2 is 1.76 bits per heavy atom. The minimum absolute atomic E-state index is 0.0747. The normalized spacial score (nSPS) is 21.1. The number of aromatic nitrogens is 3. The van der Waals surface area contributed by atoms with E-state index in [9.17, 15) is 13.6 Å². The number of aryl methyl sites for hydroxylation is 1. The molecule has 2 fully saturated rings. The van der Waals surface area contributed by atoms with Gasteiger partial charge in [0, 0.05) is 47.4 Å². The van der Waals surface area contributed by atoms with Crippen molar-refractivity contribution in [2.45, 2.75) is 57.3 Å². The Labute approximate surface area is 213 Å². The van der Waals surface area contributed by atoms with E-state index in [0.717, 1.165) is 71.7 Å².